The number of hydrogen-bond acceptors (Lipinski definition) is 7. The highest BCUT2D eigenvalue weighted by Crippen LogP contribution is 2.54. The van der Waals surface area contributed by atoms with Crippen molar-refractivity contribution in [2.24, 2.45) is 11.3 Å². The van der Waals surface area contributed by atoms with Crippen molar-refractivity contribution in [2.75, 3.05) is 0 Å². The molecule has 2 aromatic rings. The molecule has 3 rings (SSSR count). The topological polar surface area (TPSA) is 86.7 Å². The van der Waals surface area contributed by atoms with Gasteiger partial charge in [-0.2, -0.15) is 0 Å². The number of carbonyl (C=O) groups is 3. The molecule has 0 bridgehead atoms. The van der Waals surface area contributed by atoms with Gasteiger partial charge in [-0.25, -0.2) is 4.79 Å². The van der Waals surface area contributed by atoms with Gasteiger partial charge in [-0.1, -0.05) is 20.8 Å². The highest BCUT2D eigenvalue weighted by Gasteiger charge is 2.61. The zero-order chi connectivity index (χ0) is 18.9. The first kappa shape index (κ1) is 18.5. The van der Waals surface area contributed by atoms with Crippen LogP contribution in [0.1, 0.15) is 54.7 Å². The molecule has 138 valence electrons. The number of rotatable bonds is 4. The third-order valence-corrected chi connectivity index (χ3v) is 6.33. The van der Waals surface area contributed by atoms with Gasteiger partial charge >= 0.3 is 5.97 Å². The second-order valence-corrected chi connectivity index (χ2v) is 7.96. The van der Waals surface area contributed by atoms with Crippen LogP contribution in [0.25, 0.3) is 0 Å². The lowest BCUT2D eigenvalue weighted by atomic mass is 9.73. The Kier molecular flexibility index (Phi) is 4.84. The largest absolute Gasteiger partial charge is 0.460 e. The molecule has 1 saturated carbocycles. The van der Waals surface area contributed by atoms with Crippen LogP contribution >= 0.6 is 11.8 Å². The Morgan fingerprint density at radius 2 is 1.73 bits per heavy atom. The number of thioether (sulfide) groups is 1. The molecule has 2 atom stereocenters. The predicted molar refractivity (Wildman–Crippen MR) is 94.7 cm³/mol. The number of furan rings is 2. The van der Waals surface area contributed by atoms with Gasteiger partial charge in [0.05, 0.1) is 12.5 Å². The first-order chi connectivity index (χ1) is 12.3. The normalized spacial score (nSPS) is 24.3. The van der Waals surface area contributed by atoms with E-state index in [0.29, 0.717) is 24.6 Å². The SMILES string of the molecule is CC1CC[C@](OC(=O)c2ccco2)(C(=O)SC(=O)c2ccco2)C1(C)C. The number of esters is 1. The molecule has 1 aliphatic carbocycles. The van der Waals surface area contributed by atoms with Crippen molar-refractivity contribution in [3.8, 4) is 0 Å². The van der Waals surface area contributed by atoms with E-state index in [9.17, 15) is 14.4 Å². The summed E-state index contributed by atoms with van der Waals surface area (Å²) in [6, 6.07) is 6.12. The van der Waals surface area contributed by atoms with Crippen LogP contribution in [0, 0.1) is 11.3 Å². The molecule has 6 nitrogen and oxygen atoms in total. The molecule has 1 fully saturated rings. The fourth-order valence-electron chi connectivity index (χ4n) is 3.31. The van der Waals surface area contributed by atoms with E-state index < -0.39 is 27.2 Å². The molecule has 0 spiro atoms. The summed E-state index contributed by atoms with van der Waals surface area (Å²) in [6.45, 7) is 5.78. The smallest absolute Gasteiger partial charge is 0.375 e. The quantitative estimate of drug-likeness (QED) is 0.734. The van der Waals surface area contributed by atoms with Gasteiger partial charge in [0.15, 0.2) is 11.4 Å². The molecular weight excluding hydrogens is 356 g/mol. The van der Waals surface area contributed by atoms with Crippen LogP contribution in [0.4, 0.5) is 0 Å². The fraction of sp³-hybridized carbons (Fsp3) is 0.421. The molecular formula is C19H20O6S. The van der Waals surface area contributed by atoms with Crippen molar-refractivity contribution in [3.63, 3.8) is 0 Å². The minimum absolute atomic E-state index is 0.0230. The van der Waals surface area contributed by atoms with Gasteiger partial charge < -0.3 is 13.6 Å². The highest BCUT2D eigenvalue weighted by molar-refractivity contribution is 8.26. The lowest BCUT2D eigenvalue weighted by molar-refractivity contribution is -0.141. The Bertz CT molecular complexity index is 805. The molecule has 0 radical (unpaired) electrons. The van der Waals surface area contributed by atoms with Gasteiger partial charge in [0.2, 0.25) is 10.9 Å². The summed E-state index contributed by atoms with van der Waals surface area (Å²) in [5, 5.41) is -1.00. The van der Waals surface area contributed by atoms with Gasteiger partial charge in [0, 0.05) is 5.41 Å². The molecule has 26 heavy (non-hydrogen) atoms. The summed E-state index contributed by atoms with van der Waals surface area (Å²) in [5.41, 5.74) is -2.05. The Balaban J connectivity index is 1.89. The standard InChI is InChI=1S/C19H20O6S/c1-12-8-9-19(18(12,2)3,25-15(20)13-6-4-10-23-13)17(22)26-16(21)14-7-5-11-24-14/h4-7,10-12H,8-9H2,1-3H3/t12?,19-/m0/s1. The molecule has 1 unspecified atom stereocenters. The zero-order valence-electron chi connectivity index (χ0n) is 14.8. The first-order valence-corrected chi connectivity index (χ1v) is 9.16. The summed E-state index contributed by atoms with van der Waals surface area (Å²) in [4.78, 5) is 37.9. The van der Waals surface area contributed by atoms with Crippen LogP contribution in [0.15, 0.2) is 45.6 Å². The summed E-state index contributed by atoms with van der Waals surface area (Å²) in [7, 11) is 0. The minimum Gasteiger partial charge on any atom is -0.460 e. The van der Waals surface area contributed by atoms with Crippen molar-refractivity contribution in [1.29, 1.82) is 0 Å². The summed E-state index contributed by atoms with van der Waals surface area (Å²) in [6.07, 6.45) is 3.79. The maximum atomic E-state index is 13.1. The number of hydrogen-bond donors (Lipinski definition) is 0. The van der Waals surface area contributed by atoms with Crippen LogP contribution in [-0.2, 0) is 9.53 Å². The highest BCUT2D eigenvalue weighted by atomic mass is 32.2. The third-order valence-electron chi connectivity index (χ3n) is 5.43. The monoisotopic (exact) mass is 376 g/mol. The molecule has 0 aromatic carbocycles. The third kappa shape index (κ3) is 3.00. The second kappa shape index (κ2) is 6.79. The van der Waals surface area contributed by atoms with Crippen molar-refractivity contribution >= 4 is 28.0 Å². The van der Waals surface area contributed by atoms with Crippen LogP contribution in [0.2, 0.25) is 0 Å². The fourth-order valence-corrected chi connectivity index (χ4v) is 4.26. The molecule has 2 aromatic heterocycles. The molecule has 2 heterocycles. The molecule has 0 amide bonds. The van der Waals surface area contributed by atoms with Gasteiger partial charge in [-0.05, 0) is 54.8 Å². The molecule has 7 heteroatoms. The Labute approximate surface area is 155 Å². The first-order valence-electron chi connectivity index (χ1n) is 8.35. The Hall–Kier alpha value is -2.28. The number of ether oxygens (including phenoxy) is 1. The molecule has 0 saturated heterocycles. The maximum Gasteiger partial charge on any atom is 0.375 e. The molecule has 0 aliphatic heterocycles. The number of carbonyl (C=O) groups excluding carboxylic acids is 3. The minimum atomic E-state index is -1.41. The average Bonchev–Trinajstić information content (AvgIpc) is 3.33. The average molecular weight is 376 g/mol. The van der Waals surface area contributed by atoms with Crippen LogP contribution < -0.4 is 0 Å². The van der Waals surface area contributed by atoms with E-state index in [0.717, 1.165) is 0 Å². The van der Waals surface area contributed by atoms with Crippen LogP contribution in [-0.4, -0.2) is 21.8 Å². The van der Waals surface area contributed by atoms with Gasteiger partial charge in [0.25, 0.3) is 5.12 Å². The predicted octanol–water partition coefficient (Wildman–Crippen LogP) is 4.32. The lowest BCUT2D eigenvalue weighted by Gasteiger charge is -2.40. The van der Waals surface area contributed by atoms with Crippen molar-refractivity contribution in [2.45, 2.75) is 39.2 Å². The Morgan fingerprint density at radius 1 is 1.12 bits per heavy atom. The summed E-state index contributed by atoms with van der Waals surface area (Å²) >= 11 is 0.518. The maximum absolute atomic E-state index is 13.1. The van der Waals surface area contributed by atoms with Gasteiger partial charge in [0.1, 0.15) is 0 Å². The van der Waals surface area contributed by atoms with Crippen LogP contribution in [0.5, 0.6) is 0 Å². The van der Waals surface area contributed by atoms with Crippen LogP contribution in [0.3, 0.4) is 0 Å². The second-order valence-electron chi connectivity index (χ2n) is 7.01. The van der Waals surface area contributed by atoms with Gasteiger partial charge in [-0.15, -0.1) is 0 Å². The zero-order valence-corrected chi connectivity index (χ0v) is 15.6. The lowest BCUT2D eigenvalue weighted by Crippen LogP contribution is -2.51. The molecule has 1 aliphatic rings. The van der Waals surface area contributed by atoms with Gasteiger partial charge in [-0.3, -0.25) is 9.59 Å². The summed E-state index contributed by atoms with van der Waals surface area (Å²) < 4.78 is 15.9. The van der Waals surface area contributed by atoms with E-state index in [1.54, 1.807) is 12.1 Å². The van der Waals surface area contributed by atoms with E-state index in [4.69, 9.17) is 13.6 Å². The van der Waals surface area contributed by atoms with Crippen molar-refractivity contribution < 1.29 is 28.0 Å². The van der Waals surface area contributed by atoms with E-state index in [1.807, 2.05) is 20.8 Å². The van der Waals surface area contributed by atoms with E-state index in [2.05, 4.69) is 0 Å². The Morgan fingerprint density at radius 3 is 2.23 bits per heavy atom. The van der Waals surface area contributed by atoms with E-state index in [-0.39, 0.29) is 17.4 Å². The van der Waals surface area contributed by atoms with Crippen molar-refractivity contribution in [1.82, 2.24) is 0 Å². The summed E-state index contributed by atoms with van der Waals surface area (Å²) in [5.74, 6) is -0.471. The van der Waals surface area contributed by atoms with E-state index >= 15 is 0 Å². The van der Waals surface area contributed by atoms with Crippen molar-refractivity contribution in [3.05, 3.63) is 48.3 Å². The van der Waals surface area contributed by atoms with E-state index in [1.165, 1.54) is 24.7 Å². The molecule has 0 N–H and O–H groups in total.